The molecular weight excluding hydrogens is 558 g/mol. The first-order chi connectivity index (χ1) is 20.2. The number of carbonyl (C=O) groups is 1. The summed E-state index contributed by atoms with van der Waals surface area (Å²) in [4.78, 5) is 15.9. The van der Waals surface area contributed by atoms with Gasteiger partial charge in [-0.2, -0.15) is 5.10 Å². The second-order valence-corrected chi connectivity index (χ2v) is 11.6. The molecule has 6 nitrogen and oxygen atoms in total. The largest absolute Gasteiger partial charge is 0.457 e. The smallest absolute Gasteiger partial charge is 0.194 e. The molecule has 1 aliphatic heterocycles. The van der Waals surface area contributed by atoms with Crippen LogP contribution in [0.2, 0.25) is 5.02 Å². The number of hydrogen-bond donors (Lipinski definition) is 1. The number of nitrogens with zero attached hydrogens (tertiary/aromatic N) is 3. The molecule has 6 rings (SSSR count). The molecule has 0 radical (unpaired) electrons. The van der Waals surface area contributed by atoms with E-state index in [2.05, 4.69) is 23.8 Å². The minimum atomic E-state index is -0.627. The van der Waals surface area contributed by atoms with Gasteiger partial charge in [-0.3, -0.25) is 4.79 Å². The molecule has 0 bridgehead atoms. The predicted molar refractivity (Wildman–Crippen MR) is 161 cm³/mol. The molecule has 0 saturated carbocycles. The summed E-state index contributed by atoms with van der Waals surface area (Å²) in [7, 11) is 0. The molecule has 1 saturated heterocycles. The Balaban J connectivity index is 1.18. The highest BCUT2D eigenvalue weighted by atomic mass is 35.5. The van der Waals surface area contributed by atoms with Gasteiger partial charge in [-0.1, -0.05) is 23.7 Å². The van der Waals surface area contributed by atoms with Gasteiger partial charge < -0.3 is 15.4 Å². The van der Waals surface area contributed by atoms with Gasteiger partial charge in [-0.15, -0.1) is 0 Å². The molecule has 1 aliphatic carbocycles. The van der Waals surface area contributed by atoms with Crippen molar-refractivity contribution in [2.24, 2.45) is 0 Å². The molecule has 1 fully saturated rings. The van der Waals surface area contributed by atoms with Crippen LogP contribution in [0.25, 0.3) is 11.8 Å². The van der Waals surface area contributed by atoms with Gasteiger partial charge in [0.15, 0.2) is 11.6 Å². The normalized spacial score (nSPS) is 15.6. The lowest BCUT2D eigenvalue weighted by atomic mass is 9.87. The summed E-state index contributed by atoms with van der Waals surface area (Å²) in [5.74, 6) is -0.255. The molecule has 9 heteroatoms. The second-order valence-electron chi connectivity index (χ2n) is 11.2. The summed E-state index contributed by atoms with van der Waals surface area (Å²) in [6.45, 7) is 6.26. The number of Topliss-reactive ketones (excluding diaryl/α,β-unsaturated/α-hetero) is 1. The summed E-state index contributed by atoms with van der Waals surface area (Å²) in [5.41, 5.74) is 9.39. The number of ketones is 1. The number of benzene rings is 3. The minimum absolute atomic E-state index is 0.0167. The minimum Gasteiger partial charge on any atom is -0.457 e. The van der Waals surface area contributed by atoms with Gasteiger partial charge in [0.1, 0.15) is 28.8 Å². The van der Waals surface area contributed by atoms with Crippen LogP contribution in [0.3, 0.4) is 0 Å². The molecule has 42 heavy (non-hydrogen) atoms. The Morgan fingerprint density at radius 2 is 1.81 bits per heavy atom. The van der Waals surface area contributed by atoms with E-state index < -0.39 is 5.82 Å². The maximum Gasteiger partial charge on any atom is 0.194 e. The number of piperidine rings is 1. The Bertz CT molecular complexity index is 1710. The van der Waals surface area contributed by atoms with E-state index in [1.807, 2.05) is 6.07 Å². The number of fused-ring (bicyclic) bond motifs is 1. The zero-order valence-corrected chi connectivity index (χ0v) is 24.2. The Hall–Kier alpha value is -4.01. The number of allylic oxidation sites excluding steroid dienone is 1. The summed E-state index contributed by atoms with van der Waals surface area (Å²) >= 11 is 6.00. The zero-order chi connectivity index (χ0) is 29.5. The lowest BCUT2D eigenvalue weighted by Gasteiger charge is -2.35. The summed E-state index contributed by atoms with van der Waals surface area (Å²) in [5, 5.41) is 4.70. The quantitative estimate of drug-likeness (QED) is 0.225. The first kappa shape index (κ1) is 28.1. The number of nitrogen functional groups attached to an aromatic ring is 1. The highest BCUT2D eigenvalue weighted by Crippen LogP contribution is 2.37. The van der Waals surface area contributed by atoms with Crippen molar-refractivity contribution in [3.8, 4) is 17.2 Å². The van der Waals surface area contributed by atoms with Crippen molar-refractivity contribution >= 4 is 29.3 Å². The fourth-order valence-electron chi connectivity index (χ4n) is 5.86. The van der Waals surface area contributed by atoms with Crippen molar-refractivity contribution in [1.29, 1.82) is 0 Å². The number of hydrogen-bond acceptors (Lipinski definition) is 5. The van der Waals surface area contributed by atoms with Gasteiger partial charge in [0.2, 0.25) is 0 Å². The van der Waals surface area contributed by atoms with Gasteiger partial charge in [0, 0.05) is 29.1 Å². The highest BCUT2D eigenvalue weighted by Gasteiger charge is 2.29. The number of ether oxygens (including phenoxy) is 1. The van der Waals surface area contributed by atoms with Crippen LogP contribution in [0.15, 0.2) is 66.4 Å². The van der Waals surface area contributed by atoms with Crippen molar-refractivity contribution < 1.29 is 18.3 Å². The number of nitrogens with two attached hydrogens (primary N) is 1. The third-order valence-electron chi connectivity index (χ3n) is 8.19. The summed E-state index contributed by atoms with van der Waals surface area (Å²) in [6.07, 6.45) is 5.25. The number of likely N-dealkylation sites (tertiary alicyclic amines) is 1. The van der Waals surface area contributed by atoms with E-state index in [0.29, 0.717) is 34.4 Å². The van der Waals surface area contributed by atoms with E-state index in [-0.39, 0.29) is 40.3 Å². The van der Waals surface area contributed by atoms with Crippen LogP contribution in [0, 0.1) is 11.6 Å². The average Bonchev–Trinajstić information content (AvgIpc) is 3.55. The van der Waals surface area contributed by atoms with E-state index in [1.54, 1.807) is 36.4 Å². The van der Waals surface area contributed by atoms with Crippen LogP contribution in [-0.2, 0) is 6.42 Å². The predicted octanol–water partition coefficient (Wildman–Crippen LogP) is 7.59. The number of aromatic nitrogens is 2. The van der Waals surface area contributed by atoms with E-state index in [4.69, 9.17) is 22.1 Å². The molecule has 2 aliphatic rings. The highest BCUT2D eigenvalue weighted by molar-refractivity contribution is 6.30. The monoisotopic (exact) mass is 588 g/mol. The molecule has 0 atom stereocenters. The molecule has 2 heterocycles. The van der Waals surface area contributed by atoms with Gasteiger partial charge >= 0.3 is 0 Å². The first-order valence-electron chi connectivity index (χ1n) is 14.1. The maximum absolute atomic E-state index is 15.2. The van der Waals surface area contributed by atoms with Crippen LogP contribution in [0.1, 0.15) is 59.7 Å². The van der Waals surface area contributed by atoms with E-state index in [1.165, 1.54) is 29.1 Å². The Labute approximate surface area is 248 Å². The molecule has 4 aromatic rings. The molecule has 216 valence electrons. The molecule has 0 spiro atoms. The molecule has 1 aromatic heterocycles. The van der Waals surface area contributed by atoms with E-state index in [0.717, 1.165) is 37.1 Å². The van der Waals surface area contributed by atoms with Crippen molar-refractivity contribution in [1.82, 2.24) is 14.7 Å². The first-order valence-corrected chi connectivity index (χ1v) is 14.4. The number of carbonyl (C=O) groups excluding carboxylic acids is 1. The second kappa shape index (κ2) is 11.3. The van der Waals surface area contributed by atoms with Crippen LogP contribution in [0.5, 0.6) is 11.5 Å². The third kappa shape index (κ3) is 5.44. The molecular formula is C33H31ClF2N4O2. The Morgan fingerprint density at radius 3 is 2.52 bits per heavy atom. The summed E-state index contributed by atoms with van der Waals surface area (Å²) < 4.78 is 37.2. The fraction of sp³-hybridized carbons (Fsp3) is 0.273. The van der Waals surface area contributed by atoms with Gasteiger partial charge in [0.25, 0.3) is 0 Å². The lowest BCUT2D eigenvalue weighted by Crippen LogP contribution is -2.38. The standard InChI is InChI=1S/C33H31ClF2N4O2/c1-19(2)39-10-8-20(9-11-39)27-14-21-12-23(13-22(21)15-29(27)35)32(41)28-18-38-40(33(28)37)31-7-6-26(17-30(31)36)42-25-5-3-4-24(34)16-25/h3-7,13-20H,8-12,37H2,1-2H3. The molecule has 2 N–H and O–H groups in total. The zero-order valence-electron chi connectivity index (χ0n) is 23.4. The van der Waals surface area contributed by atoms with Crippen molar-refractivity contribution in [2.75, 3.05) is 18.8 Å². The lowest BCUT2D eigenvalue weighted by molar-refractivity contribution is 0.103. The average molecular weight is 589 g/mol. The van der Waals surface area contributed by atoms with Crippen LogP contribution in [-0.4, -0.2) is 39.6 Å². The van der Waals surface area contributed by atoms with Crippen molar-refractivity contribution in [3.05, 3.63) is 105 Å². The van der Waals surface area contributed by atoms with Crippen molar-refractivity contribution in [2.45, 2.75) is 45.1 Å². The van der Waals surface area contributed by atoms with Gasteiger partial charge in [-0.25, -0.2) is 13.5 Å². The van der Waals surface area contributed by atoms with Gasteiger partial charge in [0.05, 0.1) is 11.8 Å². The van der Waals surface area contributed by atoms with Crippen LogP contribution in [0.4, 0.5) is 14.6 Å². The number of anilines is 1. The SMILES string of the molecule is CC(C)N1CCC(c2cc3c(cc2F)C=C(C(=O)c2cnn(-c4ccc(Oc5cccc(Cl)c5)cc4F)c2N)C3)CC1. The van der Waals surface area contributed by atoms with Gasteiger partial charge in [-0.05, 0) is 105 Å². The Morgan fingerprint density at radius 1 is 1.05 bits per heavy atom. The number of halogens is 3. The van der Waals surface area contributed by atoms with Crippen LogP contribution >= 0.6 is 11.6 Å². The fourth-order valence-corrected chi connectivity index (χ4v) is 6.04. The van der Waals surface area contributed by atoms with Crippen molar-refractivity contribution in [3.63, 3.8) is 0 Å². The summed E-state index contributed by atoms with van der Waals surface area (Å²) in [6, 6.07) is 15.0. The maximum atomic E-state index is 15.2. The Kier molecular flexibility index (Phi) is 7.60. The van der Waals surface area contributed by atoms with E-state index in [9.17, 15) is 4.79 Å². The topological polar surface area (TPSA) is 73.4 Å². The molecule has 0 amide bonds. The molecule has 3 aromatic carbocycles. The number of rotatable bonds is 7. The molecule has 0 unspecified atom stereocenters. The van der Waals surface area contributed by atoms with Crippen LogP contribution < -0.4 is 10.5 Å². The third-order valence-corrected chi connectivity index (χ3v) is 8.43. The van der Waals surface area contributed by atoms with E-state index >= 15 is 8.78 Å².